The zero-order valence-electron chi connectivity index (χ0n) is 14.8. The number of ether oxygens (including phenoxy) is 1. The Bertz CT molecular complexity index is 646. The predicted octanol–water partition coefficient (Wildman–Crippen LogP) is 2.17. The van der Waals surface area contributed by atoms with Crippen molar-refractivity contribution >= 4 is 11.8 Å². The van der Waals surface area contributed by atoms with Crippen LogP contribution >= 0.6 is 0 Å². The van der Waals surface area contributed by atoms with Crippen LogP contribution in [0.4, 0.5) is 0 Å². The second kappa shape index (κ2) is 6.45. The molecule has 0 N–H and O–H groups in total. The lowest BCUT2D eigenvalue weighted by Crippen LogP contribution is -2.56. The lowest BCUT2D eigenvalue weighted by atomic mass is 9.73. The highest BCUT2D eigenvalue weighted by Gasteiger charge is 2.53. The maximum atomic E-state index is 12.6. The van der Waals surface area contributed by atoms with E-state index in [1.807, 2.05) is 35.0 Å². The van der Waals surface area contributed by atoms with Crippen LogP contribution in [-0.4, -0.2) is 60.0 Å². The Morgan fingerprint density at radius 3 is 2.56 bits per heavy atom. The van der Waals surface area contributed by atoms with Gasteiger partial charge in [-0.1, -0.05) is 30.3 Å². The Kier molecular flexibility index (Phi) is 4.28. The van der Waals surface area contributed by atoms with E-state index in [1.165, 1.54) is 5.56 Å². The Morgan fingerprint density at radius 1 is 1.20 bits per heavy atom. The van der Waals surface area contributed by atoms with Crippen LogP contribution in [0.5, 0.6) is 0 Å². The number of likely N-dealkylation sites (N-methyl/N-ethyl adjacent to an activating group) is 1. The molecule has 25 heavy (non-hydrogen) atoms. The molecule has 3 fully saturated rings. The third kappa shape index (κ3) is 2.74. The Morgan fingerprint density at radius 2 is 1.92 bits per heavy atom. The summed E-state index contributed by atoms with van der Waals surface area (Å²) in [6.07, 6.45) is 3.81. The van der Waals surface area contributed by atoms with Crippen molar-refractivity contribution in [1.29, 1.82) is 0 Å². The van der Waals surface area contributed by atoms with Gasteiger partial charge >= 0.3 is 0 Å². The van der Waals surface area contributed by atoms with E-state index in [0.29, 0.717) is 26.1 Å². The average Bonchev–Trinajstić information content (AvgIpc) is 3.27. The lowest BCUT2D eigenvalue weighted by Gasteiger charge is -2.47. The first kappa shape index (κ1) is 16.6. The number of likely N-dealkylation sites (tertiary alicyclic amines) is 2. The summed E-state index contributed by atoms with van der Waals surface area (Å²) in [5, 5.41) is 0. The van der Waals surface area contributed by atoms with Crippen LogP contribution in [0.3, 0.4) is 0 Å². The molecule has 3 aliphatic rings. The van der Waals surface area contributed by atoms with Gasteiger partial charge in [0.1, 0.15) is 6.10 Å². The molecule has 0 saturated carbocycles. The van der Waals surface area contributed by atoms with Gasteiger partial charge in [0, 0.05) is 39.1 Å². The molecule has 0 radical (unpaired) electrons. The van der Waals surface area contributed by atoms with E-state index >= 15 is 0 Å². The first-order valence-electron chi connectivity index (χ1n) is 9.34. The van der Waals surface area contributed by atoms with E-state index < -0.39 is 0 Å². The summed E-state index contributed by atoms with van der Waals surface area (Å²) in [6, 6.07) is 10.4. The summed E-state index contributed by atoms with van der Waals surface area (Å²) < 4.78 is 5.56. The standard InChI is InChI=1S/C20H26N2O3/c1-21-18(23)14-16(15-6-3-2-4-7-15)20(21)9-11-22(12-10-20)19(24)17-8-5-13-25-17/h2-4,6-7,16-17H,5,8-14H2,1H3/t16-,17-/m1/s1. The van der Waals surface area contributed by atoms with E-state index in [-0.39, 0.29) is 29.4 Å². The van der Waals surface area contributed by atoms with Crippen molar-refractivity contribution in [3.8, 4) is 0 Å². The van der Waals surface area contributed by atoms with Gasteiger partial charge in [0.25, 0.3) is 5.91 Å². The van der Waals surface area contributed by atoms with Crippen molar-refractivity contribution < 1.29 is 14.3 Å². The number of carbonyl (C=O) groups is 2. The van der Waals surface area contributed by atoms with Gasteiger partial charge in [0.2, 0.25) is 5.91 Å². The largest absolute Gasteiger partial charge is 0.368 e. The molecule has 0 aromatic heterocycles. The lowest BCUT2D eigenvalue weighted by molar-refractivity contribution is -0.144. The maximum Gasteiger partial charge on any atom is 0.251 e. The molecule has 0 aliphatic carbocycles. The van der Waals surface area contributed by atoms with Gasteiger partial charge in [-0.2, -0.15) is 0 Å². The van der Waals surface area contributed by atoms with E-state index in [9.17, 15) is 9.59 Å². The summed E-state index contributed by atoms with van der Waals surface area (Å²) >= 11 is 0. The molecular weight excluding hydrogens is 316 g/mol. The third-order valence-corrected chi connectivity index (χ3v) is 6.42. The zero-order chi connectivity index (χ0) is 17.4. The minimum absolute atomic E-state index is 0.135. The number of hydrogen-bond acceptors (Lipinski definition) is 3. The smallest absolute Gasteiger partial charge is 0.251 e. The molecule has 3 aliphatic heterocycles. The second-order valence-corrected chi connectivity index (χ2v) is 7.55. The van der Waals surface area contributed by atoms with Gasteiger partial charge < -0.3 is 14.5 Å². The predicted molar refractivity (Wildman–Crippen MR) is 94.1 cm³/mol. The number of carbonyl (C=O) groups excluding carboxylic acids is 2. The van der Waals surface area contributed by atoms with Crippen molar-refractivity contribution in [2.24, 2.45) is 0 Å². The molecule has 5 nitrogen and oxygen atoms in total. The van der Waals surface area contributed by atoms with Crippen LogP contribution in [0.25, 0.3) is 0 Å². The summed E-state index contributed by atoms with van der Waals surface area (Å²) in [7, 11) is 1.93. The monoisotopic (exact) mass is 342 g/mol. The SMILES string of the molecule is CN1C(=O)C[C@H](c2ccccc2)C12CCN(C(=O)[C@H]1CCCO1)CC2. The minimum Gasteiger partial charge on any atom is -0.368 e. The highest BCUT2D eigenvalue weighted by Crippen LogP contribution is 2.48. The van der Waals surface area contributed by atoms with Crippen molar-refractivity contribution in [3.63, 3.8) is 0 Å². The molecule has 134 valence electrons. The van der Waals surface area contributed by atoms with Gasteiger partial charge in [-0.15, -0.1) is 0 Å². The molecule has 4 rings (SSSR count). The highest BCUT2D eigenvalue weighted by atomic mass is 16.5. The average molecular weight is 342 g/mol. The number of hydrogen-bond donors (Lipinski definition) is 0. The normalized spacial score (nSPS) is 28.8. The zero-order valence-corrected chi connectivity index (χ0v) is 14.8. The highest BCUT2D eigenvalue weighted by molar-refractivity contribution is 5.83. The second-order valence-electron chi connectivity index (χ2n) is 7.55. The maximum absolute atomic E-state index is 12.6. The quantitative estimate of drug-likeness (QED) is 0.828. The molecule has 0 bridgehead atoms. The molecule has 1 aromatic carbocycles. The molecular formula is C20H26N2O3. The molecule has 2 atom stereocenters. The van der Waals surface area contributed by atoms with Crippen LogP contribution in [0.1, 0.15) is 43.6 Å². The molecule has 0 unspecified atom stereocenters. The Hall–Kier alpha value is -1.88. The van der Waals surface area contributed by atoms with Gasteiger partial charge in [-0.05, 0) is 31.2 Å². The first-order chi connectivity index (χ1) is 12.1. The van der Waals surface area contributed by atoms with E-state index in [2.05, 4.69) is 12.1 Å². The molecule has 2 amide bonds. The van der Waals surface area contributed by atoms with Crippen LogP contribution in [0, 0.1) is 0 Å². The van der Waals surface area contributed by atoms with E-state index in [1.54, 1.807) is 0 Å². The number of benzene rings is 1. The van der Waals surface area contributed by atoms with Crippen LogP contribution in [0.15, 0.2) is 30.3 Å². The van der Waals surface area contributed by atoms with Crippen LogP contribution < -0.4 is 0 Å². The fourth-order valence-corrected chi connectivity index (χ4v) is 4.87. The molecule has 1 aromatic rings. The van der Waals surface area contributed by atoms with E-state index in [4.69, 9.17) is 4.74 Å². The van der Waals surface area contributed by atoms with E-state index in [0.717, 1.165) is 25.7 Å². The first-order valence-corrected chi connectivity index (χ1v) is 9.34. The van der Waals surface area contributed by atoms with Crippen LogP contribution in [0.2, 0.25) is 0 Å². The number of nitrogens with zero attached hydrogens (tertiary/aromatic N) is 2. The molecule has 5 heteroatoms. The Balaban J connectivity index is 1.52. The van der Waals surface area contributed by atoms with Gasteiger partial charge in [-0.25, -0.2) is 0 Å². The minimum atomic E-state index is -0.248. The summed E-state index contributed by atoms with van der Waals surface area (Å²) in [5.74, 6) is 0.564. The summed E-state index contributed by atoms with van der Waals surface area (Å²) in [5.41, 5.74) is 1.07. The number of rotatable bonds is 2. The molecule has 1 spiro atoms. The van der Waals surface area contributed by atoms with Crippen LogP contribution in [-0.2, 0) is 14.3 Å². The number of amides is 2. The van der Waals surface area contributed by atoms with Crippen molar-refractivity contribution in [3.05, 3.63) is 35.9 Å². The van der Waals surface area contributed by atoms with Gasteiger partial charge in [0.15, 0.2) is 0 Å². The Labute approximate surface area is 148 Å². The summed E-state index contributed by atoms with van der Waals surface area (Å²) in [6.45, 7) is 2.11. The molecule has 3 saturated heterocycles. The van der Waals surface area contributed by atoms with Crippen molar-refractivity contribution in [2.75, 3.05) is 26.7 Å². The van der Waals surface area contributed by atoms with Crippen molar-refractivity contribution in [1.82, 2.24) is 9.80 Å². The van der Waals surface area contributed by atoms with Gasteiger partial charge in [-0.3, -0.25) is 9.59 Å². The van der Waals surface area contributed by atoms with Gasteiger partial charge in [0.05, 0.1) is 5.54 Å². The topological polar surface area (TPSA) is 49.9 Å². The van der Waals surface area contributed by atoms with Crippen molar-refractivity contribution in [2.45, 2.75) is 49.7 Å². The fraction of sp³-hybridized carbons (Fsp3) is 0.600. The fourth-order valence-electron chi connectivity index (χ4n) is 4.87. The molecule has 3 heterocycles. The third-order valence-electron chi connectivity index (χ3n) is 6.42. The number of piperidine rings is 1. The summed E-state index contributed by atoms with van der Waals surface area (Å²) in [4.78, 5) is 29.0.